The van der Waals surface area contributed by atoms with Crippen molar-refractivity contribution in [1.82, 2.24) is 10.2 Å². The predicted molar refractivity (Wildman–Crippen MR) is 141 cm³/mol. The summed E-state index contributed by atoms with van der Waals surface area (Å²) in [5.41, 5.74) is 3.70. The van der Waals surface area contributed by atoms with Crippen molar-refractivity contribution in [1.29, 1.82) is 5.26 Å². The average molecular weight is 509 g/mol. The van der Waals surface area contributed by atoms with Crippen molar-refractivity contribution in [3.63, 3.8) is 0 Å². The second-order valence-corrected chi connectivity index (χ2v) is 10.1. The van der Waals surface area contributed by atoms with Crippen molar-refractivity contribution in [2.24, 2.45) is 0 Å². The molecule has 37 heavy (non-hydrogen) atoms. The van der Waals surface area contributed by atoms with Gasteiger partial charge in [0.1, 0.15) is 24.2 Å². The standard InChI is InChI=1S/C28H36N4O5/c1-17-13-18(2)15-21(14-17)24(25(34)31-23-19(3)9-8-10-20(23)4)32(12-11-29)26(35)22(16-33)30-27(36)37-28(5,6)7/h8-10,13-15,22,24,33H,12,16H2,1-7H3,(H,30,36)(H,31,34). The zero-order chi connectivity index (χ0) is 27.9. The molecule has 0 spiro atoms. The lowest BCUT2D eigenvalue weighted by atomic mass is 9.98. The molecule has 0 saturated carbocycles. The molecule has 0 fully saturated rings. The maximum absolute atomic E-state index is 13.8. The molecule has 0 bridgehead atoms. The summed E-state index contributed by atoms with van der Waals surface area (Å²) in [6.07, 6.45) is -0.903. The van der Waals surface area contributed by atoms with Crippen molar-refractivity contribution >= 4 is 23.6 Å². The number of amides is 3. The van der Waals surface area contributed by atoms with E-state index in [1.54, 1.807) is 32.9 Å². The van der Waals surface area contributed by atoms with Gasteiger partial charge in [0.15, 0.2) is 0 Å². The number of para-hydroxylation sites is 1. The van der Waals surface area contributed by atoms with E-state index >= 15 is 0 Å². The Morgan fingerprint density at radius 2 is 1.62 bits per heavy atom. The molecule has 0 aromatic heterocycles. The molecule has 2 aromatic rings. The third-order valence-corrected chi connectivity index (χ3v) is 5.54. The minimum Gasteiger partial charge on any atom is -0.444 e. The van der Waals surface area contributed by atoms with Gasteiger partial charge in [0.25, 0.3) is 5.91 Å². The van der Waals surface area contributed by atoms with Crippen LogP contribution in [0.3, 0.4) is 0 Å². The van der Waals surface area contributed by atoms with Gasteiger partial charge < -0.3 is 25.4 Å². The number of benzene rings is 2. The largest absolute Gasteiger partial charge is 0.444 e. The summed E-state index contributed by atoms with van der Waals surface area (Å²) < 4.78 is 5.21. The van der Waals surface area contributed by atoms with Gasteiger partial charge in [-0.15, -0.1) is 0 Å². The molecule has 0 aliphatic carbocycles. The number of nitrogens with zero attached hydrogens (tertiary/aromatic N) is 2. The van der Waals surface area contributed by atoms with Crippen LogP contribution in [0.25, 0.3) is 0 Å². The third kappa shape index (κ3) is 8.05. The van der Waals surface area contributed by atoms with Crippen LogP contribution < -0.4 is 10.6 Å². The molecular weight excluding hydrogens is 472 g/mol. The van der Waals surface area contributed by atoms with Crippen LogP contribution in [0.4, 0.5) is 10.5 Å². The highest BCUT2D eigenvalue weighted by Gasteiger charge is 2.36. The summed E-state index contributed by atoms with van der Waals surface area (Å²) >= 11 is 0. The first kappa shape index (κ1) is 29.3. The first-order valence-corrected chi connectivity index (χ1v) is 12.0. The van der Waals surface area contributed by atoms with Crippen molar-refractivity contribution in [2.45, 2.75) is 66.2 Å². The number of nitriles is 1. The molecule has 0 heterocycles. The van der Waals surface area contributed by atoms with Crippen molar-refractivity contribution in [2.75, 3.05) is 18.5 Å². The lowest BCUT2D eigenvalue weighted by Gasteiger charge is -2.33. The maximum atomic E-state index is 13.8. The van der Waals surface area contributed by atoms with Crippen LogP contribution in [0.15, 0.2) is 36.4 Å². The van der Waals surface area contributed by atoms with Gasteiger partial charge in [-0.05, 0) is 65.2 Å². The fourth-order valence-corrected chi connectivity index (χ4v) is 4.05. The maximum Gasteiger partial charge on any atom is 0.408 e. The normalized spacial score (nSPS) is 12.6. The van der Waals surface area contributed by atoms with E-state index in [0.717, 1.165) is 27.2 Å². The topological polar surface area (TPSA) is 132 Å². The zero-order valence-electron chi connectivity index (χ0n) is 22.5. The number of aliphatic hydroxyl groups excluding tert-OH is 1. The lowest BCUT2D eigenvalue weighted by Crippen LogP contribution is -2.54. The van der Waals surface area contributed by atoms with Gasteiger partial charge in [-0.25, -0.2) is 4.79 Å². The second-order valence-electron chi connectivity index (χ2n) is 10.1. The minimum atomic E-state index is -1.43. The summed E-state index contributed by atoms with van der Waals surface area (Å²) in [6.45, 7) is 11.2. The van der Waals surface area contributed by atoms with Crippen LogP contribution in [-0.4, -0.2) is 52.7 Å². The molecule has 3 amide bonds. The van der Waals surface area contributed by atoms with E-state index in [1.165, 1.54) is 0 Å². The van der Waals surface area contributed by atoms with E-state index in [2.05, 4.69) is 10.6 Å². The number of aliphatic hydroxyl groups is 1. The van der Waals surface area contributed by atoms with E-state index in [4.69, 9.17) is 4.74 Å². The van der Waals surface area contributed by atoms with E-state index in [-0.39, 0.29) is 0 Å². The minimum absolute atomic E-state index is 0.455. The number of hydrogen-bond acceptors (Lipinski definition) is 6. The molecule has 2 aromatic carbocycles. The first-order chi connectivity index (χ1) is 17.3. The molecule has 3 N–H and O–H groups in total. The number of carbonyl (C=O) groups is 3. The summed E-state index contributed by atoms with van der Waals surface area (Å²) in [6, 6.07) is 10.4. The number of anilines is 1. The fraction of sp³-hybridized carbons (Fsp3) is 0.429. The Balaban J connectivity index is 2.54. The Hall–Kier alpha value is -3.90. The van der Waals surface area contributed by atoms with Gasteiger partial charge in [0, 0.05) is 5.69 Å². The zero-order valence-corrected chi connectivity index (χ0v) is 22.5. The fourth-order valence-electron chi connectivity index (χ4n) is 4.05. The smallest absolute Gasteiger partial charge is 0.408 e. The second kappa shape index (κ2) is 12.4. The van der Waals surface area contributed by atoms with Gasteiger partial charge in [-0.3, -0.25) is 9.59 Å². The Labute approximate surface area is 218 Å². The molecule has 0 saturated heterocycles. The predicted octanol–water partition coefficient (Wildman–Crippen LogP) is 3.84. The quantitative estimate of drug-likeness (QED) is 0.464. The molecule has 9 heteroatoms. The van der Waals surface area contributed by atoms with E-state index in [1.807, 2.05) is 58.0 Å². The number of hydrogen-bond donors (Lipinski definition) is 3. The summed E-state index contributed by atoms with van der Waals surface area (Å²) in [7, 11) is 0. The van der Waals surface area contributed by atoms with Gasteiger partial charge in [0.2, 0.25) is 5.91 Å². The average Bonchev–Trinajstić information content (AvgIpc) is 2.77. The van der Waals surface area contributed by atoms with Gasteiger partial charge in [-0.1, -0.05) is 47.5 Å². The summed E-state index contributed by atoms with van der Waals surface area (Å²) in [4.78, 5) is 40.8. The number of rotatable bonds is 8. The van der Waals surface area contributed by atoms with Gasteiger partial charge in [-0.2, -0.15) is 5.26 Å². The highest BCUT2D eigenvalue weighted by atomic mass is 16.6. The molecule has 2 unspecified atom stereocenters. The molecule has 0 radical (unpaired) electrons. The van der Waals surface area contributed by atoms with Crippen LogP contribution in [0, 0.1) is 39.0 Å². The van der Waals surface area contributed by atoms with Crippen molar-refractivity contribution in [3.8, 4) is 6.07 Å². The van der Waals surface area contributed by atoms with Crippen molar-refractivity contribution in [3.05, 3.63) is 64.2 Å². The molecule has 0 aliphatic rings. The number of aryl methyl sites for hydroxylation is 4. The SMILES string of the molecule is Cc1cc(C)cc(C(C(=O)Nc2c(C)cccc2C)N(CC#N)C(=O)C(CO)NC(=O)OC(C)(C)C)c1. The first-order valence-electron chi connectivity index (χ1n) is 12.0. The Morgan fingerprint density at radius 1 is 1.05 bits per heavy atom. The Bertz CT molecular complexity index is 1160. The number of ether oxygens (including phenoxy) is 1. The molecule has 198 valence electrons. The summed E-state index contributed by atoms with van der Waals surface area (Å²) in [5.74, 6) is -1.32. The van der Waals surface area contributed by atoms with E-state index < -0.39 is 48.7 Å². The molecule has 2 rings (SSSR count). The van der Waals surface area contributed by atoms with Gasteiger partial charge >= 0.3 is 6.09 Å². The van der Waals surface area contributed by atoms with Crippen LogP contribution in [0.2, 0.25) is 0 Å². The van der Waals surface area contributed by atoms with Crippen LogP contribution >= 0.6 is 0 Å². The molecule has 9 nitrogen and oxygen atoms in total. The number of carbonyl (C=O) groups excluding carboxylic acids is 3. The third-order valence-electron chi connectivity index (χ3n) is 5.54. The molecule has 0 aliphatic heterocycles. The highest BCUT2D eigenvalue weighted by Crippen LogP contribution is 2.28. The van der Waals surface area contributed by atoms with Gasteiger partial charge in [0.05, 0.1) is 12.7 Å². The van der Waals surface area contributed by atoms with E-state index in [0.29, 0.717) is 11.3 Å². The van der Waals surface area contributed by atoms with Crippen LogP contribution in [-0.2, 0) is 14.3 Å². The molecule has 2 atom stereocenters. The summed E-state index contributed by atoms with van der Waals surface area (Å²) in [5, 5.41) is 24.8. The highest BCUT2D eigenvalue weighted by molar-refractivity contribution is 6.00. The number of alkyl carbamates (subject to hydrolysis) is 1. The van der Waals surface area contributed by atoms with E-state index in [9.17, 15) is 24.8 Å². The monoisotopic (exact) mass is 508 g/mol. The van der Waals surface area contributed by atoms with Crippen molar-refractivity contribution < 1.29 is 24.2 Å². The Morgan fingerprint density at radius 3 is 2.11 bits per heavy atom. The Kier molecular flexibility index (Phi) is 9.81. The molecular formula is C28H36N4O5. The van der Waals surface area contributed by atoms with Crippen LogP contribution in [0.1, 0.15) is 54.6 Å². The lowest BCUT2D eigenvalue weighted by molar-refractivity contribution is -0.140. The number of nitrogens with one attached hydrogen (secondary N) is 2. The van der Waals surface area contributed by atoms with Crippen LogP contribution in [0.5, 0.6) is 0 Å².